The minimum atomic E-state index is 0.590. The van der Waals surface area contributed by atoms with Crippen LogP contribution in [0.5, 0.6) is 0 Å². The molecule has 0 aliphatic heterocycles. The quantitative estimate of drug-likeness (QED) is 0.801. The van der Waals surface area contributed by atoms with Gasteiger partial charge in [-0.25, -0.2) is 0 Å². The molecule has 0 bridgehead atoms. The molecule has 1 rings (SSSR count). The zero-order valence-electron chi connectivity index (χ0n) is 11.4. The van der Waals surface area contributed by atoms with Gasteiger partial charge in [-0.1, -0.05) is 37.6 Å². The highest BCUT2D eigenvalue weighted by Crippen LogP contribution is 2.20. The van der Waals surface area contributed by atoms with Crippen LogP contribution >= 0.6 is 11.6 Å². The molecule has 1 aromatic rings. The fraction of sp³-hybridized carbons (Fsp3) is 0.600. The number of hydrogen-bond donors (Lipinski definition) is 1. The standard InChI is InChI=1S/C15H24ClN/c1-11(2)9-14(17-4)8-7-13-6-5-12(3)10-15(13)16/h5-6,10-11,14,17H,7-9H2,1-4H3. The predicted octanol–water partition coefficient (Wildman–Crippen LogP) is 4.22. The highest BCUT2D eigenvalue weighted by atomic mass is 35.5. The van der Waals surface area contributed by atoms with E-state index in [9.17, 15) is 0 Å². The zero-order chi connectivity index (χ0) is 12.8. The monoisotopic (exact) mass is 253 g/mol. The Morgan fingerprint density at radius 2 is 2.00 bits per heavy atom. The lowest BCUT2D eigenvalue weighted by atomic mass is 9.97. The summed E-state index contributed by atoms with van der Waals surface area (Å²) in [7, 11) is 2.05. The minimum absolute atomic E-state index is 0.590. The summed E-state index contributed by atoms with van der Waals surface area (Å²) in [6, 6.07) is 6.93. The number of halogens is 1. The normalized spacial score (nSPS) is 13.1. The fourth-order valence-electron chi connectivity index (χ4n) is 2.13. The number of hydrogen-bond acceptors (Lipinski definition) is 1. The van der Waals surface area contributed by atoms with Gasteiger partial charge in [0.25, 0.3) is 0 Å². The highest BCUT2D eigenvalue weighted by Gasteiger charge is 2.09. The first kappa shape index (κ1) is 14.5. The van der Waals surface area contributed by atoms with Crippen molar-refractivity contribution >= 4 is 11.6 Å². The second-order valence-electron chi connectivity index (χ2n) is 5.25. The maximum absolute atomic E-state index is 6.24. The van der Waals surface area contributed by atoms with Crippen LogP contribution in [0.2, 0.25) is 5.02 Å². The Morgan fingerprint density at radius 1 is 1.29 bits per heavy atom. The van der Waals surface area contributed by atoms with Crippen molar-refractivity contribution in [2.75, 3.05) is 7.05 Å². The molecule has 0 spiro atoms. The first-order chi connectivity index (χ1) is 8.02. The third-order valence-corrected chi connectivity index (χ3v) is 3.49. The van der Waals surface area contributed by atoms with Crippen LogP contribution in [0.15, 0.2) is 18.2 Å². The first-order valence-electron chi connectivity index (χ1n) is 6.45. The lowest BCUT2D eigenvalue weighted by Crippen LogP contribution is -2.27. The molecule has 0 aliphatic carbocycles. The van der Waals surface area contributed by atoms with Crippen molar-refractivity contribution in [3.05, 3.63) is 34.3 Å². The van der Waals surface area contributed by atoms with Gasteiger partial charge < -0.3 is 5.32 Å². The summed E-state index contributed by atoms with van der Waals surface area (Å²) in [6.45, 7) is 6.61. The van der Waals surface area contributed by atoms with Crippen molar-refractivity contribution in [3.63, 3.8) is 0 Å². The molecule has 0 fully saturated rings. The van der Waals surface area contributed by atoms with E-state index in [4.69, 9.17) is 11.6 Å². The second-order valence-corrected chi connectivity index (χ2v) is 5.66. The van der Waals surface area contributed by atoms with Gasteiger partial charge in [0.15, 0.2) is 0 Å². The lowest BCUT2D eigenvalue weighted by molar-refractivity contribution is 0.422. The van der Waals surface area contributed by atoms with Crippen LogP contribution in [0.3, 0.4) is 0 Å². The van der Waals surface area contributed by atoms with E-state index >= 15 is 0 Å². The van der Waals surface area contributed by atoms with E-state index in [1.807, 2.05) is 13.1 Å². The molecule has 0 aliphatic rings. The van der Waals surface area contributed by atoms with Gasteiger partial charge in [0.2, 0.25) is 0 Å². The van der Waals surface area contributed by atoms with Gasteiger partial charge in [-0.3, -0.25) is 0 Å². The van der Waals surface area contributed by atoms with Gasteiger partial charge >= 0.3 is 0 Å². The summed E-state index contributed by atoms with van der Waals surface area (Å²) in [4.78, 5) is 0. The largest absolute Gasteiger partial charge is 0.317 e. The van der Waals surface area contributed by atoms with Crippen LogP contribution in [-0.2, 0) is 6.42 Å². The molecule has 0 amide bonds. The molecule has 1 atom stereocenters. The Labute approximate surface area is 111 Å². The van der Waals surface area contributed by atoms with Crippen LogP contribution in [0.1, 0.15) is 37.8 Å². The summed E-state index contributed by atoms with van der Waals surface area (Å²) in [6.07, 6.45) is 3.43. The lowest BCUT2D eigenvalue weighted by Gasteiger charge is -2.18. The molecule has 2 heteroatoms. The van der Waals surface area contributed by atoms with Crippen LogP contribution < -0.4 is 5.32 Å². The molecular formula is C15H24ClN. The molecule has 1 N–H and O–H groups in total. The molecular weight excluding hydrogens is 230 g/mol. The van der Waals surface area contributed by atoms with E-state index in [1.165, 1.54) is 17.5 Å². The number of aryl methyl sites for hydroxylation is 2. The average molecular weight is 254 g/mol. The van der Waals surface area contributed by atoms with Gasteiger partial charge in [0.1, 0.15) is 0 Å². The van der Waals surface area contributed by atoms with E-state index in [0.29, 0.717) is 6.04 Å². The number of rotatable bonds is 6. The van der Waals surface area contributed by atoms with Crippen molar-refractivity contribution in [1.29, 1.82) is 0 Å². The zero-order valence-corrected chi connectivity index (χ0v) is 12.1. The average Bonchev–Trinajstić information content (AvgIpc) is 2.25. The molecule has 1 nitrogen and oxygen atoms in total. The van der Waals surface area contributed by atoms with Crippen LogP contribution in [0.25, 0.3) is 0 Å². The van der Waals surface area contributed by atoms with Crippen molar-refractivity contribution in [1.82, 2.24) is 5.32 Å². The maximum Gasteiger partial charge on any atom is 0.0440 e. The van der Waals surface area contributed by atoms with Gasteiger partial charge in [-0.2, -0.15) is 0 Å². The van der Waals surface area contributed by atoms with Gasteiger partial charge in [0.05, 0.1) is 0 Å². The summed E-state index contributed by atoms with van der Waals surface area (Å²) in [5, 5.41) is 4.30. The fourth-order valence-corrected chi connectivity index (χ4v) is 2.46. The SMILES string of the molecule is CNC(CCc1ccc(C)cc1Cl)CC(C)C. The molecule has 96 valence electrons. The van der Waals surface area contributed by atoms with Crippen LogP contribution in [0, 0.1) is 12.8 Å². The Hall–Kier alpha value is -0.530. The molecule has 17 heavy (non-hydrogen) atoms. The molecule has 0 saturated carbocycles. The van der Waals surface area contributed by atoms with Gasteiger partial charge in [0, 0.05) is 11.1 Å². The third-order valence-electron chi connectivity index (χ3n) is 3.13. The molecule has 0 radical (unpaired) electrons. The van der Waals surface area contributed by atoms with E-state index in [1.54, 1.807) is 0 Å². The predicted molar refractivity (Wildman–Crippen MR) is 76.8 cm³/mol. The Bertz CT molecular complexity index is 347. The van der Waals surface area contributed by atoms with E-state index in [2.05, 4.69) is 38.2 Å². The summed E-state index contributed by atoms with van der Waals surface area (Å²) < 4.78 is 0. The molecule has 1 aromatic carbocycles. The van der Waals surface area contributed by atoms with E-state index in [-0.39, 0.29) is 0 Å². The molecule has 0 saturated heterocycles. The van der Waals surface area contributed by atoms with Crippen LogP contribution in [0.4, 0.5) is 0 Å². The van der Waals surface area contributed by atoms with Gasteiger partial charge in [-0.15, -0.1) is 0 Å². The van der Waals surface area contributed by atoms with Crippen LogP contribution in [-0.4, -0.2) is 13.1 Å². The number of nitrogens with one attached hydrogen (secondary N) is 1. The van der Waals surface area contributed by atoms with E-state index in [0.717, 1.165) is 23.8 Å². The summed E-state index contributed by atoms with van der Waals surface area (Å²) >= 11 is 6.24. The Kier molecular flexibility index (Phi) is 6.01. The van der Waals surface area contributed by atoms with Crippen molar-refractivity contribution in [2.45, 2.75) is 46.1 Å². The maximum atomic E-state index is 6.24. The highest BCUT2D eigenvalue weighted by molar-refractivity contribution is 6.31. The minimum Gasteiger partial charge on any atom is -0.317 e. The third kappa shape index (κ3) is 5.10. The Balaban J connectivity index is 2.53. The summed E-state index contributed by atoms with van der Waals surface area (Å²) in [5.74, 6) is 0.737. The number of benzene rings is 1. The van der Waals surface area contributed by atoms with Crippen molar-refractivity contribution in [2.24, 2.45) is 5.92 Å². The van der Waals surface area contributed by atoms with Gasteiger partial charge in [-0.05, 0) is 56.3 Å². The topological polar surface area (TPSA) is 12.0 Å². The molecule has 1 unspecified atom stereocenters. The Morgan fingerprint density at radius 3 is 2.53 bits per heavy atom. The summed E-state index contributed by atoms with van der Waals surface area (Å²) in [5.41, 5.74) is 2.49. The molecule has 0 aromatic heterocycles. The van der Waals surface area contributed by atoms with Crippen molar-refractivity contribution in [3.8, 4) is 0 Å². The first-order valence-corrected chi connectivity index (χ1v) is 6.83. The van der Waals surface area contributed by atoms with E-state index < -0.39 is 0 Å². The molecule has 0 heterocycles. The second kappa shape index (κ2) is 7.03. The van der Waals surface area contributed by atoms with Crippen molar-refractivity contribution < 1.29 is 0 Å². The smallest absolute Gasteiger partial charge is 0.0440 e.